The van der Waals surface area contributed by atoms with E-state index >= 15 is 0 Å². The minimum absolute atomic E-state index is 0.101. The largest absolute Gasteiger partial charge is 0.339 e. The van der Waals surface area contributed by atoms with E-state index in [0.29, 0.717) is 24.8 Å². The average molecular weight is 285 g/mol. The number of hydrogen-bond donors (Lipinski definition) is 1. The lowest BCUT2D eigenvalue weighted by Gasteiger charge is -2.21. The molecule has 0 bridgehead atoms. The third-order valence-corrected chi connectivity index (χ3v) is 5.66. The van der Waals surface area contributed by atoms with E-state index in [0.717, 1.165) is 18.7 Å². The Bertz CT molecular complexity index is 534. The molecule has 1 saturated heterocycles. The van der Waals surface area contributed by atoms with Gasteiger partial charge in [0.2, 0.25) is 5.89 Å². The van der Waals surface area contributed by atoms with Crippen LogP contribution in [0.1, 0.15) is 43.3 Å². The summed E-state index contributed by atoms with van der Waals surface area (Å²) in [5.74, 6) is 2.16. The Hall–Kier alpha value is -0.950. The fraction of sp³-hybridized carbons (Fsp3) is 0.833. The van der Waals surface area contributed by atoms with E-state index in [-0.39, 0.29) is 17.5 Å². The molecular formula is C12H19N3O3S. The van der Waals surface area contributed by atoms with Gasteiger partial charge in [0.25, 0.3) is 0 Å². The van der Waals surface area contributed by atoms with E-state index < -0.39 is 9.84 Å². The molecule has 1 unspecified atom stereocenters. The molecule has 0 amide bonds. The van der Waals surface area contributed by atoms with Crippen LogP contribution in [0.5, 0.6) is 0 Å². The van der Waals surface area contributed by atoms with E-state index in [9.17, 15) is 8.42 Å². The number of hydrogen-bond acceptors (Lipinski definition) is 6. The third-order valence-electron chi connectivity index (χ3n) is 3.93. The zero-order valence-corrected chi connectivity index (χ0v) is 11.7. The van der Waals surface area contributed by atoms with Crippen LogP contribution in [0.2, 0.25) is 0 Å². The molecule has 106 valence electrons. The number of rotatable bonds is 3. The maximum atomic E-state index is 11.6. The van der Waals surface area contributed by atoms with Crippen molar-refractivity contribution in [1.82, 2.24) is 15.5 Å². The zero-order valence-electron chi connectivity index (χ0n) is 10.8. The highest BCUT2D eigenvalue weighted by atomic mass is 32.2. The van der Waals surface area contributed by atoms with Crippen LogP contribution >= 0.6 is 0 Å². The molecule has 19 heavy (non-hydrogen) atoms. The van der Waals surface area contributed by atoms with Crippen molar-refractivity contribution in [2.75, 3.05) is 18.1 Å². The normalized spacial score (nSPS) is 27.7. The summed E-state index contributed by atoms with van der Waals surface area (Å²) in [6.07, 6.45) is 5.23. The van der Waals surface area contributed by atoms with Crippen LogP contribution in [0.4, 0.5) is 0 Å². The number of aromatic nitrogens is 2. The first-order valence-corrected chi connectivity index (χ1v) is 8.71. The Labute approximate surface area is 112 Å². The first-order chi connectivity index (χ1) is 9.12. The van der Waals surface area contributed by atoms with Gasteiger partial charge in [0.15, 0.2) is 15.7 Å². The second kappa shape index (κ2) is 5.20. The van der Waals surface area contributed by atoms with Crippen molar-refractivity contribution >= 4 is 9.84 Å². The molecule has 7 heteroatoms. The van der Waals surface area contributed by atoms with Crippen LogP contribution in [0.15, 0.2) is 4.52 Å². The van der Waals surface area contributed by atoms with Crippen LogP contribution in [-0.2, 0) is 16.3 Å². The van der Waals surface area contributed by atoms with Crippen molar-refractivity contribution in [3.05, 3.63) is 11.7 Å². The highest BCUT2D eigenvalue weighted by Gasteiger charge is 2.27. The van der Waals surface area contributed by atoms with Crippen molar-refractivity contribution in [3.63, 3.8) is 0 Å². The predicted molar refractivity (Wildman–Crippen MR) is 69.7 cm³/mol. The van der Waals surface area contributed by atoms with Crippen LogP contribution in [0, 0.1) is 0 Å². The summed E-state index contributed by atoms with van der Waals surface area (Å²) in [5, 5.41) is 7.23. The molecule has 1 saturated carbocycles. The van der Waals surface area contributed by atoms with Crippen LogP contribution in [-0.4, -0.2) is 42.7 Å². The first-order valence-electron chi connectivity index (χ1n) is 6.89. The summed E-state index contributed by atoms with van der Waals surface area (Å²) in [6, 6.07) is -0.101. The lowest BCUT2D eigenvalue weighted by molar-refractivity contribution is 0.354. The standard InChI is InChI=1S/C12H19N3O3S/c16-19(17)6-5-13-10(8-19)7-11-14-12(15-18-11)9-3-1-2-4-9/h9-10,13H,1-8H2. The lowest BCUT2D eigenvalue weighted by Crippen LogP contribution is -2.46. The minimum Gasteiger partial charge on any atom is -0.339 e. The number of nitrogens with zero attached hydrogens (tertiary/aromatic N) is 2. The van der Waals surface area contributed by atoms with Crippen LogP contribution < -0.4 is 5.32 Å². The van der Waals surface area contributed by atoms with Gasteiger partial charge in [-0.15, -0.1) is 0 Å². The maximum Gasteiger partial charge on any atom is 0.228 e. The maximum absolute atomic E-state index is 11.6. The van der Waals surface area contributed by atoms with Gasteiger partial charge in [0.05, 0.1) is 11.5 Å². The van der Waals surface area contributed by atoms with Gasteiger partial charge in [-0.05, 0) is 12.8 Å². The lowest BCUT2D eigenvalue weighted by atomic mass is 10.1. The summed E-state index contributed by atoms with van der Waals surface area (Å²) in [6.45, 7) is 0.511. The Morgan fingerprint density at radius 2 is 2.11 bits per heavy atom. The first kappa shape index (κ1) is 13.1. The zero-order chi connectivity index (χ0) is 13.3. The molecule has 0 spiro atoms. The SMILES string of the molecule is O=S1(=O)CCNC(Cc2nc(C3CCCC3)no2)C1. The second-order valence-corrected chi connectivity index (χ2v) is 7.73. The summed E-state index contributed by atoms with van der Waals surface area (Å²) < 4.78 is 28.4. The fourth-order valence-electron chi connectivity index (χ4n) is 2.91. The van der Waals surface area contributed by atoms with Gasteiger partial charge in [0, 0.05) is 24.9 Å². The van der Waals surface area contributed by atoms with E-state index in [1.54, 1.807) is 0 Å². The van der Waals surface area contributed by atoms with E-state index in [4.69, 9.17) is 4.52 Å². The highest BCUT2D eigenvalue weighted by molar-refractivity contribution is 7.91. The molecule has 6 nitrogen and oxygen atoms in total. The second-order valence-electron chi connectivity index (χ2n) is 5.50. The molecule has 1 atom stereocenters. The molecule has 2 aliphatic rings. The smallest absolute Gasteiger partial charge is 0.228 e. The van der Waals surface area contributed by atoms with E-state index in [1.165, 1.54) is 12.8 Å². The molecule has 1 aliphatic heterocycles. The summed E-state index contributed by atoms with van der Waals surface area (Å²) in [4.78, 5) is 4.42. The average Bonchev–Trinajstić information content (AvgIpc) is 2.96. The molecule has 3 rings (SSSR count). The number of nitrogens with one attached hydrogen (secondary N) is 1. The molecule has 0 aromatic carbocycles. The van der Waals surface area contributed by atoms with Gasteiger partial charge in [0.1, 0.15) is 0 Å². The van der Waals surface area contributed by atoms with Gasteiger partial charge >= 0.3 is 0 Å². The van der Waals surface area contributed by atoms with Gasteiger partial charge in [-0.25, -0.2) is 8.42 Å². The van der Waals surface area contributed by atoms with E-state index in [2.05, 4.69) is 15.5 Å². The van der Waals surface area contributed by atoms with Gasteiger partial charge in [-0.1, -0.05) is 18.0 Å². The molecule has 2 fully saturated rings. The Morgan fingerprint density at radius 3 is 2.84 bits per heavy atom. The fourth-order valence-corrected chi connectivity index (χ4v) is 4.35. The van der Waals surface area contributed by atoms with Gasteiger partial charge < -0.3 is 9.84 Å². The Morgan fingerprint density at radius 1 is 1.32 bits per heavy atom. The van der Waals surface area contributed by atoms with Crippen LogP contribution in [0.25, 0.3) is 0 Å². The van der Waals surface area contributed by atoms with Crippen molar-refractivity contribution in [2.24, 2.45) is 0 Å². The summed E-state index contributed by atoms with van der Waals surface area (Å²) >= 11 is 0. The van der Waals surface area contributed by atoms with Crippen molar-refractivity contribution in [1.29, 1.82) is 0 Å². The Kier molecular flexibility index (Phi) is 3.58. The molecule has 1 aromatic heterocycles. The predicted octanol–water partition coefficient (Wildman–Crippen LogP) is 0.656. The van der Waals surface area contributed by atoms with E-state index in [1.807, 2.05) is 0 Å². The van der Waals surface area contributed by atoms with Crippen molar-refractivity contribution < 1.29 is 12.9 Å². The quantitative estimate of drug-likeness (QED) is 0.878. The molecule has 1 aliphatic carbocycles. The topological polar surface area (TPSA) is 85.1 Å². The molecule has 2 heterocycles. The molecule has 0 radical (unpaired) electrons. The Balaban J connectivity index is 1.63. The minimum atomic E-state index is -2.91. The van der Waals surface area contributed by atoms with Gasteiger partial charge in [-0.3, -0.25) is 0 Å². The van der Waals surface area contributed by atoms with Gasteiger partial charge in [-0.2, -0.15) is 4.98 Å². The van der Waals surface area contributed by atoms with Crippen LogP contribution in [0.3, 0.4) is 0 Å². The highest BCUT2D eigenvalue weighted by Crippen LogP contribution is 2.32. The molecule has 1 N–H and O–H groups in total. The van der Waals surface area contributed by atoms with Crippen molar-refractivity contribution in [2.45, 2.75) is 44.1 Å². The summed E-state index contributed by atoms with van der Waals surface area (Å²) in [5.41, 5.74) is 0. The summed E-state index contributed by atoms with van der Waals surface area (Å²) in [7, 11) is -2.91. The monoisotopic (exact) mass is 285 g/mol. The molecule has 1 aromatic rings. The van der Waals surface area contributed by atoms with Crippen molar-refractivity contribution in [3.8, 4) is 0 Å². The molecular weight excluding hydrogens is 266 g/mol. The number of sulfone groups is 1. The third kappa shape index (κ3) is 3.14.